The third-order valence-corrected chi connectivity index (χ3v) is 8.67. The predicted molar refractivity (Wildman–Crippen MR) is 104 cm³/mol. The van der Waals surface area contributed by atoms with E-state index in [0.717, 1.165) is 50.4 Å². The lowest BCUT2D eigenvalue weighted by atomic mass is 9.49. The number of hydrogen-bond acceptors (Lipinski definition) is 3. The highest BCUT2D eigenvalue weighted by atomic mass is 16.6. The molecule has 148 valence electrons. The van der Waals surface area contributed by atoms with Crippen LogP contribution in [0.25, 0.3) is 0 Å². The summed E-state index contributed by atoms with van der Waals surface area (Å²) in [5, 5.41) is 11.2. The average molecular weight is 372 g/mol. The fourth-order valence-electron chi connectivity index (χ4n) is 7.65. The number of ether oxygens (including phenoxy) is 1. The van der Waals surface area contributed by atoms with Crippen LogP contribution in [0.3, 0.4) is 0 Å². The van der Waals surface area contributed by atoms with Crippen LogP contribution in [0.15, 0.2) is 11.6 Å². The van der Waals surface area contributed by atoms with Crippen molar-refractivity contribution in [3.8, 4) is 12.3 Å². The Labute approximate surface area is 163 Å². The molecule has 1 unspecified atom stereocenters. The number of esters is 1. The zero-order chi connectivity index (χ0) is 19.2. The van der Waals surface area contributed by atoms with Crippen LogP contribution in [0.5, 0.6) is 0 Å². The van der Waals surface area contributed by atoms with E-state index >= 15 is 0 Å². The van der Waals surface area contributed by atoms with E-state index in [2.05, 4.69) is 18.9 Å². The zero-order valence-corrected chi connectivity index (χ0v) is 16.7. The lowest BCUT2D eigenvalue weighted by Gasteiger charge is -2.56. The summed E-state index contributed by atoms with van der Waals surface area (Å²) in [5.74, 6) is 5.34. The largest absolute Gasteiger partial charge is 0.635 e. The monoisotopic (exact) mass is 371 g/mol. The van der Waals surface area contributed by atoms with Crippen molar-refractivity contribution in [2.45, 2.75) is 83.3 Å². The third kappa shape index (κ3) is 2.69. The molecule has 3 fully saturated rings. The molecular weight excluding hydrogens is 338 g/mol. The standard InChI is InChI=1S/C23H33NO3/c1-4-22-12-10-19-18-9-7-17(24-26)14-16(18)6-8-20(19)21(22)11-13-23(22,5-2)27-15(3)25/h2,14,17-21H,4,6-13,24H2,1,3H3/t17?,18-,19+,20+,21-,22-,23-/m0/s1. The van der Waals surface area contributed by atoms with Crippen LogP contribution >= 0.6 is 0 Å². The maximum absolute atomic E-state index is 11.9. The fraction of sp³-hybridized carbons (Fsp3) is 0.783. The van der Waals surface area contributed by atoms with E-state index in [-0.39, 0.29) is 17.4 Å². The number of hydroxylamine groups is 1. The van der Waals surface area contributed by atoms with Crippen molar-refractivity contribution in [3.63, 3.8) is 0 Å². The van der Waals surface area contributed by atoms with Crippen molar-refractivity contribution in [2.75, 3.05) is 0 Å². The first kappa shape index (κ1) is 19.0. The fourth-order valence-corrected chi connectivity index (χ4v) is 7.65. The van der Waals surface area contributed by atoms with Gasteiger partial charge in [-0.25, -0.2) is 0 Å². The molecule has 0 spiro atoms. The van der Waals surface area contributed by atoms with Crippen LogP contribution in [0, 0.1) is 46.6 Å². The number of carbonyl (C=O) groups is 1. The first-order valence-electron chi connectivity index (χ1n) is 10.8. The molecule has 27 heavy (non-hydrogen) atoms. The van der Waals surface area contributed by atoms with Gasteiger partial charge in [0.25, 0.3) is 0 Å². The number of quaternary nitrogens is 1. The van der Waals surface area contributed by atoms with Crippen molar-refractivity contribution in [1.82, 2.24) is 0 Å². The first-order valence-corrected chi connectivity index (χ1v) is 10.8. The molecule has 0 saturated heterocycles. The highest BCUT2D eigenvalue weighted by Crippen LogP contribution is 2.67. The number of fused-ring (bicyclic) bond motifs is 5. The van der Waals surface area contributed by atoms with Gasteiger partial charge in [-0.1, -0.05) is 18.4 Å². The molecule has 4 aliphatic carbocycles. The van der Waals surface area contributed by atoms with Crippen LogP contribution in [-0.4, -0.2) is 17.6 Å². The number of terminal acetylenes is 1. The second kappa shape index (κ2) is 6.94. The Kier molecular flexibility index (Phi) is 4.89. The summed E-state index contributed by atoms with van der Waals surface area (Å²) in [6, 6.07) is 0.135. The maximum atomic E-state index is 11.9. The molecule has 4 aliphatic rings. The minimum Gasteiger partial charge on any atom is -0.635 e. The molecule has 0 aliphatic heterocycles. The molecule has 0 radical (unpaired) electrons. The Bertz CT molecular complexity index is 680. The predicted octanol–water partition coefficient (Wildman–Crippen LogP) is 3.31. The lowest BCUT2D eigenvalue weighted by Crippen LogP contribution is -2.84. The summed E-state index contributed by atoms with van der Waals surface area (Å²) in [6.45, 7) is 3.72. The lowest BCUT2D eigenvalue weighted by molar-refractivity contribution is -0.617. The highest BCUT2D eigenvalue weighted by molar-refractivity contribution is 5.67. The molecule has 0 aromatic heterocycles. The van der Waals surface area contributed by atoms with E-state index in [1.54, 1.807) is 5.57 Å². The van der Waals surface area contributed by atoms with Gasteiger partial charge in [0.05, 0.1) is 0 Å². The minimum atomic E-state index is -0.714. The second-order valence-corrected chi connectivity index (χ2v) is 9.35. The topological polar surface area (TPSA) is 66.0 Å². The Hall–Kier alpha value is -1.31. The van der Waals surface area contributed by atoms with Crippen molar-refractivity contribution in [3.05, 3.63) is 16.9 Å². The quantitative estimate of drug-likeness (QED) is 0.358. The van der Waals surface area contributed by atoms with Gasteiger partial charge >= 0.3 is 5.97 Å². The van der Waals surface area contributed by atoms with Gasteiger partial charge in [0.2, 0.25) is 0 Å². The number of allylic oxidation sites excluding steroid dienone is 1. The van der Waals surface area contributed by atoms with Crippen LogP contribution in [0.2, 0.25) is 0 Å². The summed E-state index contributed by atoms with van der Waals surface area (Å²) in [5.41, 5.74) is 1.89. The van der Waals surface area contributed by atoms with Crippen molar-refractivity contribution in [2.24, 2.45) is 29.1 Å². The summed E-state index contributed by atoms with van der Waals surface area (Å²) in [7, 11) is 0. The van der Waals surface area contributed by atoms with E-state index < -0.39 is 5.60 Å². The smallest absolute Gasteiger partial charge is 0.304 e. The van der Waals surface area contributed by atoms with Crippen LogP contribution < -0.4 is 5.48 Å². The highest BCUT2D eigenvalue weighted by Gasteiger charge is 2.65. The van der Waals surface area contributed by atoms with E-state index in [0.29, 0.717) is 23.7 Å². The van der Waals surface area contributed by atoms with Crippen LogP contribution in [0.4, 0.5) is 0 Å². The molecule has 4 nitrogen and oxygen atoms in total. The molecule has 2 N–H and O–H groups in total. The van der Waals surface area contributed by atoms with E-state index in [1.807, 2.05) is 0 Å². The maximum Gasteiger partial charge on any atom is 0.304 e. The Morgan fingerprint density at radius 3 is 2.78 bits per heavy atom. The molecule has 0 heterocycles. The molecule has 0 aromatic rings. The van der Waals surface area contributed by atoms with Gasteiger partial charge in [-0.05, 0) is 81.1 Å². The third-order valence-electron chi connectivity index (χ3n) is 8.67. The Morgan fingerprint density at radius 2 is 2.11 bits per heavy atom. The van der Waals surface area contributed by atoms with Crippen LogP contribution in [-0.2, 0) is 9.53 Å². The number of nitrogens with two attached hydrogens (primary N) is 1. The van der Waals surface area contributed by atoms with E-state index in [9.17, 15) is 10.0 Å². The van der Waals surface area contributed by atoms with Gasteiger partial charge in [-0.2, -0.15) is 0 Å². The summed E-state index contributed by atoms with van der Waals surface area (Å²) in [4.78, 5) is 11.9. The summed E-state index contributed by atoms with van der Waals surface area (Å²) in [6.07, 6.45) is 17.9. The van der Waals surface area contributed by atoms with Gasteiger partial charge in [0.1, 0.15) is 6.04 Å². The molecule has 0 amide bonds. The van der Waals surface area contributed by atoms with Gasteiger partial charge in [0.15, 0.2) is 5.60 Å². The summed E-state index contributed by atoms with van der Waals surface area (Å²) < 4.78 is 5.90. The molecule has 7 atom stereocenters. The minimum absolute atomic E-state index is 0.0597. The van der Waals surface area contributed by atoms with Gasteiger partial charge in [0, 0.05) is 18.8 Å². The van der Waals surface area contributed by atoms with Crippen LogP contribution in [0.1, 0.15) is 71.6 Å². The molecule has 3 saturated carbocycles. The number of carbonyl (C=O) groups excluding carboxylic acids is 1. The number of hydrogen-bond donors (Lipinski definition) is 1. The normalized spacial score (nSPS) is 45.7. The first-order chi connectivity index (χ1) is 13.0. The van der Waals surface area contributed by atoms with Gasteiger partial charge in [-0.3, -0.25) is 4.79 Å². The second-order valence-electron chi connectivity index (χ2n) is 9.35. The van der Waals surface area contributed by atoms with Gasteiger partial charge < -0.3 is 15.4 Å². The van der Waals surface area contributed by atoms with Gasteiger partial charge in [-0.15, -0.1) is 6.42 Å². The SMILES string of the molecule is C#C[C@]1(OC(C)=O)CC[C@H]2[C@@H]3CCC4=CC([NH2+][O-])CC[C@@H]4[C@H]3CC[C@@]21CC. The molecule has 0 bridgehead atoms. The van der Waals surface area contributed by atoms with Crippen molar-refractivity contribution < 1.29 is 15.0 Å². The van der Waals surface area contributed by atoms with E-state index in [4.69, 9.17) is 11.2 Å². The zero-order valence-electron chi connectivity index (χ0n) is 16.7. The Balaban J connectivity index is 1.64. The van der Waals surface area contributed by atoms with Crippen molar-refractivity contribution >= 4 is 5.97 Å². The average Bonchev–Trinajstić information content (AvgIpc) is 3.01. The Morgan fingerprint density at radius 1 is 1.30 bits per heavy atom. The molecule has 0 aromatic carbocycles. The van der Waals surface area contributed by atoms with Crippen molar-refractivity contribution in [1.29, 1.82) is 0 Å². The molecular formula is C23H33NO3. The summed E-state index contributed by atoms with van der Waals surface area (Å²) >= 11 is 0. The van der Waals surface area contributed by atoms with E-state index in [1.165, 1.54) is 19.8 Å². The molecule has 4 heteroatoms. The molecule has 4 rings (SSSR count). The number of rotatable bonds is 3.